The van der Waals surface area contributed by atoms with E-state index in [0.29, 0.717) is 18.3 Å². The van der Waals surface area contributed by atoms with Crippen LogP contribution in [-0.4, -0.2) is 35.1 Å². The van der Waals surface area contributed by atoms with Crippen molar-refractivity contribution in [3.05, 3.63) is 0 Å². The third-order valence-corrected chi connectivity index (χ3v) is 6.25. The summed E-state index contributed by atoms with van der Waals surface area (Å²) >= 11 is 0. The van der Waals surface area contributed by atoms with Gasteiger partial charge in [-0.1, -0.05) is 55.4 Å². The number of hydrogen-bond acceptors (Lipinski definition) is 4. The molecule has 0 aliphatic carbocycles. The summed E-state index contributed by atoms with van der Waals surface area (Å²) in [7, 11) is 0. The first-order valence-electron chi connectivity index (χ1n) is 10.3. The standard InChI is InChI=1S/C21H38N2O2.2BrH.Ni/c1-9-20(10-2)18(14(5)6)22-16(24-20)13-17-23-19(15(7)8)21(11-3,12-4)25-17;;;/h14-15,18-19H,9-13H2,1-8H3;2*1H;/q;;;+2/p-2/t18-,19-;;;/m1.../s1. The monoisotopic (exact) mass is 566 g/mol. The Morgan fingerprint density at radius 3 is 1.18 bits per heavy atom. The molecule has 0 N–H and O–H groups in total. The fraction of sp³-hybridized carbons (Fsp3) is 0.905. The van der Waals surface area contributed by atoms with Gasteiger partial charge in [0.25, 0.3) is 0 Å². The Morgan fingerprint density at radius 2 is 1.00 bits per heavy atom. The first kappa shape index (κ1) is 30.6. The summed E-state index contributed by atoms with van der Waals surface area (Å²) < 4.78 is 12.8. The van der Waals surface area contributed by atoms with Gasteiger partial charge >= 0.3 is 16.5 Å². The van der Waals surface area contributed by atoms with Gasteiger partial charge in [-0.25, -0.2) is 9.98 Å². The van der Waals surface area contributed by atoms with E-state index < -0.39 is 0 Å². The quantitative estimate of drug-likeness (QED) is 0.368. The molecule has 0 amide bonds. The first-order valence-corrected chi connectivity index (χ1v) is 10.3. The van der Waals surface area contributed by atoms with Crippen molar-refractivity contribution in [2.24, 2.45) is 21.8 Å². The Kier molecular flexibility index (Phi) is 13.4. The van der Waals surface area contributed by atoms with Gasteiger partial charge in [-0.05, 0) is 37.5 Å². The molecule has 4 nitrogen and oxygen atoms in total. The molecule has 28 heavy (non-hydrogen) atoms. The van der Waals surface area contributed by atoms with Crippen LogP contribution in [0, 0.1) is 11.8 Å². The average Bonchev–Trinajstić information content (AvgIpc) is 3.14. The largest absolute Gasteiger partial charge is 2.00 e. The summed E-state index contributed by atoms with van der Waals surface area (Å²) in [4.78, 5) is 9.90. The molecule has 168 valence electrons. The zero-order chi connectivity index (χ0) is 18.8. The van der Waals surface area contributed by atoms with E-state index in [2.05, 4.69) is 55.4 Å². The minimum atomic E-state index is -0.160. The SMILES string of the molecule is CCC1(CC)OC(CC2=N[C@H](C(C)C)C(CC)(CC)O2)=N[C@@H]1C(C)C.[Br-].[Br-].[Ni+2]. The summed E-state index contributed by atoms with van der Waals surface area (Å²) in [6.45, 7) is 17.8. The zero-order valence-electron chi connectivity index (χ0n) is 18.6. The predicted octanol–water partition coefficient (Wildman–Crippen LogP) is -0.594. The Hall–Kier alpha value is 0.394. The van der Waals surface area contributed by atoms with Crippen molar-refractivity contribution in [2.75, 3.05) is 0 Å². The van der Waals surface area contributed by atoms with E-state index in [1.54, 1.807) is 0 Å². The summed E-state index contributed by atoms with van der Waals surface area (Å²) in [6, 6.07) is 0.449. The number of nitrogens with zero attached hydrogens (tertiary/aromatic N) is 2. The molecule has 2 heterocycles. The molecular weight excluding hydrogens is 531 g/mol. The maximum atomic E-state index is 6.40. The molecule has 0 saturated carbocycles. The van der Waals surface area contributed by atoms with Crippen LogP contribution < -0.4 is 34.0 Å². The molecule has 0 aromatic rings. The van der Waals surface area contributed by atoms with E-state index in [1.165, 1.54) is 0 Å². The molecule has 0 aromatic carbocycles. The van der Waals surface area contributed by atoms with E-state index in [-0.39, 0.29) is 73.7 Å². The molecule has 0 saturated heterocycles. The van der Waals surface area contributed by atoms with Crippen molar-refractivity contribution in [3.63, 3.8) is 0 Å². The van der Waals surface area contributed by atoms with Gasteiger partial charge in [0.2, 0.25) is 0 Å². The Morgan fingerprint density at radius 1 is 0.714 bits per heavy atom. The van der Waals surface area contributed by atoms with E-state index in [4.69, 9.17) is 19.5 Å². The molecule has 0 radical (unpaired) electrons. The zero-order valence-corrected chi connectivity index (χ0v) is 22.8. The number of ether oxygens (including phenoxy) is 2. The van der Waals surface area contributed by atoms with Crippen LogP contribution in [-0.2, 0) is 26.0 Å². The van der Waals surface area contributed by atoms with Gasteiger partial charge in [0.05, 0.1) is 18.5 Å². The Bertz CT molecular complexity index is 484. The minimum Gasteiger partial charge on any atom is -1.00 e. The smallest absolute Gasteiger partial charge is 1.00 e. The van der Waals surface area contributed by atoms with Crippen LogP contribution in [0.4, 0.5) is 0 Å². The molecule has 0 aromatic heterocycles. The van der Waals surface area contributed by atoms with Crippen LogP contribution in [0.3, 0.4) is 0 Å². The number of aliphatic imine (C=N–C) groups is 2. The Balaban J connectivity index is 0. The molecule has 0 fully saturated rings. The van der Waals surface area contributed by atoms with Crippen LogP contribution in [0.25, 0.3) is 0 Å². The molecule has 0 unspecified atom stereocenters. The summed E-state index contributed by atoms with van der Waals surface area (Å²) in [5, 5.41) is 0. The minimum absolute atomic E-state index is 0. The van der Waals surface area contributed by atoms with Crippen molar-refractivity contribution in [1.29, 1.82) is 0 Å². The molecule has 0 spiro atoms. The molecule has 0 bridgehead atoms. The topological polar surface area (TPSA) is 43.2 Å². The third-order valence-electron chi connectivity index (χ3n) is 6.25. The van der Waals surface area contributed by atoms with Gasteiger partial charge in [-0.2, -0.15) is 0 Å². The van der Waals surface area contributed by atoms with Crippen molar-refractivity contribution in [1.82, 2.24) is 0 Å². The fourth-order valence-electron chi connectivity index (χ4n) is 4.62. The van der Waals surface area contributed by atoms with Crippen LogP contribution in [0.5, 0.6) is 0 Å². The summed E-state index contributed by atoms with van der Waals surface area (Å²) in [6.07, 6.45) is 4.52. The summed E-state index contributed by atoms with van der Waals surface area (Å²) in [5.41, 5.74) is -0.320. The second-order valence-corrected chi connectivity index (χ2v) is 8.35. The molecule has 2 aliphatic heterocycles. The Labute approximate surface area is 203 Å². The predicted molar refractivity (Wildman–Crippen MR) is 106 cm³/mol. The van der Waals surface area contributed by atoms with Crippen molar-refractivity contribution in [2.45, 2.75) is 111 Å². The van der Waals surface area contributed by atoms with E-state index in [9.17, 15) is 0 Å². The maximum Gasteiger partial charge on any atom is 2.00 e. The number of hydrogen-bond donors (Lipinski definition) is 0. The summed E-state index contributed by atoms with van der Waals surface area (Å²) in [5.74, 6) is 2.56. The van der Waals surface area contributed by atoms with Gasteiger partial charge < -0.3 is 43.4 Å². The van der Waals surface area contributed by atoms with Gasteiger partial charge in [-0.3, -0.25) is 0 Å². The fourth-order valence-corrected chi connectivity index (χ4v) is 4.62. The van der Waals surface area contributed by atoms with Crippen LogP contribution in [0.2, 0.25) is 0 Å². The molecule has 7 heteroatoms. The maximum absolute atomic E-state index is 6.40. The molecule has 2 rings (SSSR count). The second-order valence-electron chi connectivity index (χ2n) is 8.35. The number of rotatable bonds is 8. The van der Waals surface area contributed by atoms with Gasteiger partial charge in [0, 0.05) is 0 Å². The average molecular weight is 569 g/mol. The van der Waals surface area contributed by atoms with Gasteiger partial charge in [0.15, 0.2) is 11.8 Å². The van der Waals surface area contributed by atoms with E-state index in [0.717, 1.165) is 37.5 Å². The normalized spacial score (nSPS) is 24.4. The van der Waals surface area contributed by atoms with Crippen LogP contribution in [0.1, 0.15) is 87.5 Å². The van der Waals surface area contributed by atoms with Gasteiger partial charge in [0.1, 0.15) is 11.2 Å². The van der Waals surface area contributed by atoms with Crippen molar-refractivity contribution < 1.29 is 59.9 Å². The molecular formula is C21H38Br2N2NiO2. The second kappa shape index (κ2) is 12.3. The molecule has 2 atom stereocenters. The van der Waals surface area contributed by atoms with Crippen LogP contribution in [0.15, 0.2) is 9.98 Å². The number of halogens is 2. The third kappa shape index (κ3) is 5.75. The van der Waals surface area contributed by atoms with Gasteiger partial charge in [-0.15, -0.1) is 0 Å². The van der Waals surface area contributed by atoms with Crippen LogP contribution >= 0.6 is 0 Å². The van der Waals surface area contributed by atoms with Crippen molar-refractivity contribution >= 4 is 11.8 Å². The van der Waals surface area contributed by atoms with Crippen molar-refractivity contribution in [3.8, 4) is 0 Å². The van der Waals surface area contributed by atoms with E-state index >= 15 is 0 Å². The molecule has 2 aliphatic rings. The first-order chi connectivity index (χ1) is 11.8. The van der Waals surface area contributed by atoms with E-state index in [1.807, 2.05) is 0 Å².